The molecule has 0 spiro atoms. The van der Waals surface area contributed by atoms with Crippen molar-refractivity contribution >= 4 is 69.7 Å². The Morgan fingerprint density at radius 2 is 1.90 bits per heavy atom. The lowest BCUT2D eigenvalue weighted by molar-refractivity contribution is -0.123. The van der Waals surface area contributed by atoms with Gasteiger partial charge in [-0.2, -0.15) is 0 Å². The number of rotatable bonds is 7. The van der Waals surface area contributed by atoms with Crippen molar-refractivity contribution in [3.63, 3.8) is 0 Å². The summed E-state index contributed by atoms with van der Waals surface area (Å²) in [5.41, 5.74) is 6.18. The maximum atomic E-state index is 12.8. The second-order valence-electron chi connectivity index (χ2n) is 6.29. The van der Waals surface area contributed by atoms with Crippen LogP contribution in [-0.2, 0) is 16.1 Å². The third kappa shape index (κ3) is 5.46. The molecule has 11 heteroatoms. The number of primary amides is 1. The summed E-state index contributed by atoms with van der Waals surface area (Å²) in [5, 5.41) is 0.538. The Bertz CT molecular complexity index is 1110. The summed E-state index contributed by atoms with van der Waals surface area (Å²) in [6.45, 7) is -0.358. The van der Waals surface area contributed by atoms with Crippen LogP contribution < -0.4 is 15.2 Å². The van der Waals surface area contributed by atoms with Crippen LogP contribution in [0.5, 0.6) is 11.5 Å². The largest absolute Gasteiger partial charge is 0.493 e. The SMILES string of the molecule is COc1cc(/C=C2\SC(=O)N(Cc3ccc(Cl)cc3Cl)C2=O)cc(Cl)c1OCC(N)=O. The molecule has 0 aromatic heterocycles. The lowest BCUT2D eigenvalue weighted by Gasteiger charge is -2.14. The predicted molar refractivity (Wildman–Crippen MR) is 121 cm³/mol. The average Bonchev–Trinajstić information content (AvgIpc) is 2.95. The lowest BCUT2D eigenvalue weighted by Crippen LogP contribution is -2.27. The van der Waals surface area contributed by atoms with Gasteiger partial charge >= 0.3 is 0 Å². The van der Waals surface area contributed by atoms with E-state index in [9.17, 15) is 14.4 Å². The van der Waals surface area contributed by atoms with Crippen molar-refractivity contribution in [3.05, 3.63) is 61.4 Å². The van der Waals surface area contributed by atoms with Crippen LogP contribution in [0.1, 0.15) is 11.1 Å². The van der Waals surface area contributed by atoms with E-state index in [0.29, 0.717) is 21.2 Å². The van der Waals surface area contributed by atoms with Crippen LogP contribution in [0.25, 0.3) is 6.08 Å². The van der Waals surface area contributed by atoms with Gasteiger partial charge in [0.2, 0.25) is 0 Å². The number of benzene rings is 2. The summed E-state index contributed by atoms with van der Waals surface area (Å²) in [6, 6.07) is 7.92. The van der Waals surface area contributed by atoms with Gasteiger partial charge in [-0.25, -0.2) is 0 Å². The van der Waals surface area contributed by atoms with Crippen LogP contribution in [0.4, 0.5) is 4.79 Å². The van der Waals surface area contributed by atoms with Crippen molar-refractivity contribution in [3.8, 4) is 11.5 Å². The van der Waals surface area contributed by atoms with Crippen LogP contribution in [0.3, 0.4) is 0 Å². The van der Waals surface area contributed by atoms with Crippen LogP contribution in [-0.4, -0.2) is 35.7 Å². The topological polar surface area (TPSA) is 98.9 Å². The third-order valence-corrected chi connectivity index (χ3v) is 5.90. The van der Waals surface area contributed by atoms with Crippen LogP contribution in [0.2, 0.25) is 15.1 Å². The first-order chi connectivity index (χ1) is 14.7. The molecule has 1 saturated heterocycles. The number of thioether (sulfide) groups is 1. The van der Waals surface area contributed by atoms with E-state index >= 15 is 0 Å². The Balaban J connectivity index is 1.85. The Kier molecular flexibility index (Phi) is 7.38. The molecule has 0 atom stereocenters. The molecule has 2 aromatic rings. The fourth-order valence-electron chi connectivity index (χ4n) is 2.71. The van der Waals surface area contributed by atoms with Crippen LogP contribution >= 0.6 is 46.6 Å². The Hall–Kier alpha value is -2.39. The normalized spacial score (nSPS) is 15.0. The van der Waals surface area contributed by atoms with Gasteiger partial charge in [-0.15, -0.1) is 0 Å². The van der Waals surface area contributed by atoms with E-state index < -0.39 is 17.1 Å². The summed E-state index contributed by atoms with van der Waals surface area (Å²) in [7, 11) is 1.40. The minimum Gasteiger partial charge on any atom is -0.493 e. The summed E-state index contributed by atoms with van der Waals surface area (Å²) >= 11 is 19.1. The van der Waals surface area contributed by atoms with Gasteiger partial charge in [0, 0.05) is 10.0 Å². The van der Waals surface area contributed by atoms with Crippen molar-refractivity contribution < 1.29 is 23.9 Å². The summed E-state index contributed by atoms with van der Waals surface area (Å²) in [5.74, 6) is -0.750. The van der Waals surface area contributed by atoms with Crippen molar-refractivity contribution in [2.24, 2.45) is 5.73 Å². The van der Waals surface area contributed by atoms with Gasteiger partial charge in [0.05, 0.1) is 23.6 Å². The first-order valence-electron chi connectivity index (χ1n) is 8.67. The summed E-state index contributed by atoms with van der Waals surface area (Å²) in [6.07, 6.45) is 1.51. The number of hydrogen-bond acceptors (Lipinski definition) is 6. The lowest BCUT2D eigenvalue weighted by atomic mass is 10.1. The molecule has 1 aliphatic heterocycles. The highest BCUT2D eigenvalue weighted by Crippen LogP contribution is 2.39. The number of hydrogen-bond donors (Lipinski definition) is 1. The van der Waals surface area contributed by atoms with Crippen molar-refractivity contribution in [2.75, 3.05) is 13.7 Å². The monoisotopic (exact) mass is 500 g/mol. The molecule has 1 heterocycles. The second-order valence-corrected chi connectivity index (χ2v) is 8.54. The second kappa shape index (κ2) is 9.82. The van der Waals surface area contributed by atoms with Gasteiger partial charge in [-0.1, -0.05) is 40.9 Å². The Morgan fingerprint density at radius 3 is 2.55 bits per heavy atom. The molecule has 0 saturated carbocycles. The zero-order chi connectivity index (χ0) is 22.7. The smallest absolute Gasteiger partial charge is 0.293 e. The standard InChI is InChI=1S/C20H15Cl3N2O5S/c1-29-15-5-10(4-14(23)18(15)30-9-17(24)26)6-16-19(27)25(20(28)31-16)8-11-2-3-12(21)7-13(11)22/h2-7H,8-9H2,1H3,(H2,24,26)/b16-6-. The van der Waals surface area contributed by atoms with E-state index in [0.717, 1.165) is 16.7 Å². The molecular formula is C20H15Cl3N2O5S. The van der Waals surface area contributed by atoms with Gasteiger partial charge in [-0.3, -0.25) is 19.3 Å². The number of nitrogens with two attached hydrogens (primary N) is 1. The Labute approximate surface area is 197 Å². The minimum absolute atomic E-state index is 0.0159. The van der Waals surface area contributed by atoms with E-state index in [1.165, 1.54) is 19.3 Å². The van der Waals surface area contributed by atoms with E-state index in [4.69, 9.17) is 50.0 Å². The van der Waals surface area contributed by atoms with E-state index in [1.807, 2.05) is 0 Å². The molecule has 7 nitrogen and oxygen atoms in total. The molecule has 162 valence electrons. The molecule has 2 N–H and O–H groups in total. The van der Waals surface area contributed by atoms with Crippen molar-refractivity contribution in [1.82, 2.24) is 4.90 Å². The first-order valence-corrected chi connectivity index (χ1v) is 10.6. The molecular weight excluding hydrogens is 487 g/mol. The third-order valence-electron chi connectivity index (χ3n) is 4.13. The number of halogens is 3. The number of carbonyl (C=O) groups is 3. The molecule has 3 amide bonds. The molecule has 1 aliphatic rings. The van der Waals surface area contributed by atoms with Gasteiger partial charge in [-0.05, 0) is 53.2 Å². The van der Waals surface area contributed by atoms with Gasteiger partial charge < -0.3 is 15.2 Å². The highest BCUT2D eigenvalue weighted by Gasteiger charge is 2.35. The molecule has 31 heavy (non-hydrogen) atoms. The van der Waals surface area contributed by atoms with Crippen LogP contribution in [0.15, 0.2) is 35.2 Å². The molecule has 1 fully saturated rings. The maximum absolute atomic E-state index is 12.8. The van der Waals surface area contributed by atoms with Crippen molar-refractivity contribution in [1.29, 1.82) is 0 Å². The molecule has 0 radical (unpaired) electrons. The first kappa shape index (κ1) is 23.3. The number of carbonyl (C=O) groups excluding carboxylic acids is 3. The van der Waals surface area contributed by atoms with Gasteiger partial charge in [0.1, 0.15) is 0 Å². The fourth-order valence-corrected chi connectivity index (χ4v) is 4.29. The Morgan fingerprint density at radius 1 is 1.16 bits per heavy atom. The number of methoxy groups -OCH3 is 1. The van der Waals surface area contributed by atoms with Gasteiger partial charge in [0.15, 0.2) is 18.1 Å². The fraction of sp³-hybridized carbons (Fsp3) is 0.150. The highest BCUT2D eigenvalue weighted by atomic mass is 35.5. The number of amides is 3. The van der Waals surface area contributed by atoms with Gasteiger partial charge in [0.25, 0.3) is 17.1 Å². The maximum Gasteiger partial charge on any atom is 0.293 e. The number of imide groups is 1. The molecule has 0 aliphatic carbocycles. The average molecular weight is 502 g/mol. The van der Waals surface area contributed by atoms with E-state index in [2.05, 4.69) is 0 Å². The van der Waals surface area contributed by atoms with Crippen molar-refractivity contribution in [2.45, 2.75) is 6.54 Å². The number of ether oxygens (including phenoxy) is 2. The predicted octanol–water partition coefficient (Wildman–Crippen LogP) is 4.76. The summed E-state index contributed by atoms with van der Waals surface area (Å²) < 4.78 is 10.5. The minimum atomic E-state index is -0.670. The molecule has 0 unspecified atom stereocenters. The zero-order valence-corrected chi connectivity index (χ0v) is 19.1. The highest BCUT2D eigenvalue weighted by molar-refractivity contribution is 8.18. The summed E-state index contributed by atoms with van der Waals surface area (Å²) in [4.78, 5) is 37.5. The molecule has 0 bridgehead atoms. The quantitative estimate of drug-likeness (QED) is 0.549. The van der Waals surface area contributed by atoms with E-state index in [-0.39, 0.29) is 34.6 Å². The zero-order valence-electron chi connectivity index (χ0n) is 16.0. The molecule has 2 aromatic carbocycles. The van der Waals surface area contributed by atoms with Crippen LogP contribution in [0, 0.1) is 0 Å². The molecule has 3 rings (SSSR count). The van der Waals surface area contributed by atoms with E-state index in [1.54, 1.807) is 24.3 Å². The number of nitrogens with zero attached hydrogens (tertiary/aromatic N) is 1.